The second kappa shape index (κ2) is 12.0. The van der Waals surface area contributed by atoms with Gasteiger partial charge >= 0.3 is 12.8 Å². The maximum absolute atomic E-state index is 13.5. The summed E-state index contributed by atoms with van der Waals surface area (Å²) in [4.78, 5) is 27.6. The largest absolute Gasteiger partial charge is 0.432 e. The third kappa shape index (κ3) is 6.83. The third-order valence-corrected chi connectivity index (χ3v) is 8.71. The molecule has 2 aromatic heterocycles. The van der Waals surface area contributed by atoms with E-state index in [4.69, 9.17) is 0 Å². The fourth-order valence-electron chi connectivity index (χ4n) is 6.24. The Labute approximate surface area is 244 Å². The zero-order valence-corrected chi connectivity index (χ0v) is 23.2. The number of halogens is 6. The van der Waals surface area contributed by atoms with E-state index in [9.17, 15) is 31.1 Å². The fourth-order valence-corrected chi connectivity index (χ4v) is 6.24. The van der Waals surface area contributed by atoms with Crippen molar-refractivity contribution < 1.29 is 35.9 Å². The molecule has 6 nitrogen and oxygen atoms in total. The number of benzene rings is 1. The number of anilines is 1. The Morgan fingerprint density at radius 1 is 0.953 bits per heavy atom. The summed E-state index contributed by atoms with van der Waals surface area (Å²) in [6.45, 7) is 0.641. The molecule has 0 atom stereocenters. The lowest BCUT2D eigenvalue weighted by atomic mass is 9.52. The van der Waals surface area contributed by atoms with Crippen molar-refractivity contribution in [3.8, 4) is 17.1 Å². The minimum absolute atomic E-state index is 0.0782. The van der Waals surface area contributed by atoms with Gasteiger partial charge in [0, 0.05) is 47.9 Å². The van der Waals surface area contributed by atoms with E-state index in [1.54, 1.807) is 29.2 Å². The van der Waals surface area contributed by atoms with Crippen LogP contribution in [0.1, 0.15) is 62.6 Å². The van der Waals surface area contributed by atoms with Crippen LogP contribution in [0.15, 0.2) is 67.4 Å². The van der Waals surface area contributed by atoms with Crippen molar-refractivity contribution in [1.82, 2.24) is 15.0 Å². The number of allylic oxidation sites excluding steroid dienone is 1. The molecule has 3 saturated carbocycles. The van der Waals surface area contributed by atoms with Crippen LogP contribution in [-0.2, 0) is 16.4 Å². The first-order valence-corrected chi connectivity index (χ1v) is 13.9. The van der Waals surface area contributed by atoms with Crippen molar-refractivity contribution in [2.24, 2.45) is 5.41 Å². The number of carbonyl (C=O) groups is 1. The number of fused-ring (bicyclic) bond motifs is 3. The monoisotopic (exact) mass is 604 g/mol. The molecular formula is C31H30F6N4O2. The lowest BCUT2D eigenvalue weighted by Gasteiger charge is -2.54. The molecule has 0 saturated heterocycles. The number of nitrogens with zero attached hydrogens (tertiary/aromatic N) is 4. The van der Waals surface area contributed by atoms with Crippen LogP contribution in [0, 0.1) is 5.41 Å². The highest BCUT2D eigenvalue weighted by molar-refractivity contribution is 5.94. The molecule has 0 radical (unpaired) electrons. The smallest absolute Gasteiger partial charge is 0.417 e. The quantitative estimate of drug-likeness (QED) is 0.219. The van der Waals surface area contributed by atoms with E-state index >= 15 is 0 Å². The summed E-state index contributed by atoms with van der Waals surface area (Å²) < 4.78 is 82.0. The zero-order chi connectivity index (χ0) is 30.8. The molecule has 1 aromatic carbocycles. The standard InChI is InChI=1S/C31H30F6N4O2/c1-20(32)5-8-26(42)41(23-4-2-3-21(15-23)27-39-17-24(18-40-27)43-28(33)34)19-29-9-12-30(13-10-29,14-11-29)25-7-6-22(16-38-25)31(35,36)37/h2-4,6-7,15-18,28H,1,5,8-14,19H2. The van der Waals surface area contributed by atoms with Crippen LogP contribution in [0.3, 0.4) is 0 Å². The number of hydrogen-bond donors (Lipinski definition) is 0. The van der Waals surface area contributed by atoms with Gasteiger partial charge in [-0.25, -0.2) is 14.4 Å². The second-order valence-corrected chi connectivity index (χ2v) is 11.4. The number of ether oxygens (including phenoxy) is 1. The van der Waals surface area contributed by atoms with E-state index in [0.717, 1.165) is 63.2 Å². The molecule has 2 heterocycles. The Bertz CT molecular complexity index is 1440. The Morgan fingerprint density at radius 2 is 1.63 bits per heavy atom. The van der Waals surface area contributed by atoms with Crippen molar-refractivity contribution in [3.63, 3.8) is 0 Å². The molecule has 12 heteroatoms. The minimum atomic E-state index is -4.45. The molecule has 0 aliphatic heterocycles. The van der Waals surface area contributed by atoms with E-state index in [1.165, 1.54) is 6.07 Å². The van der Waals surface area contributed by atoms with Crippen molar-refractivity contribution in [2.75, 3.05) is 11.4 Å². The molecule has 2 bridgehead atoms. The lowest BCUT2D eigenvalue weighted by molar-refractivity contribution is -0.137. The highest BCUT2D eigenvalue weighted by Gasteiger charge is 2.51. The number of carbonyl (C=O) groups excluding carboxylic acids is 1. The Balaban J connectivity index is 1.36. The summed E-state index contributed by atoms with van der Waals surface area (Å²) >= 11 is 0. The summed E-state index contributed by atoms with van der Waals surface area (Å²) in [5.74, 6) is -0.813. The fraction of sp³-hybridized carbons (Fsp3) is 0.419. The predicted molar refractivity (Wildman–Crippen MR) is 147 cm³/mol. The molecule has 228 valence electrons. The molecule has 0 unspecified atom stereocenters. The van der Waals surface area contributed by atoms with E-state index in [1.807, 2.05) is 0 Å². The van der Waals surface area contributed by atoms with Gasteiger partial charge in [-0.15, -0.1) is 0 Å². The summed E-state index contributed by atoms with van der Waals surface area (Å²) in [5.41, 5.74) is 0.473. The number of hydrogen-bond acceptors (Lipinski definition) is 5. The van der Waals surface area contributed by atoms with Crippen LogP contribution < -0.4 is 9.64 Å². The molecular weight excluding hydrogens is 574 g/mol. The number of amides is 1. The molecule has 0 N–H and O–H groups in total. The summed E-state index contributed by atoms with van der Waals surface area (Å²) in [7, 11) is 0. The van der Waals surface area contributed by atoms with Gasteiger partial charge < -0.3 is 9.64 Å². The normalized spacial score (nSPS) is 21.6. The first-order valence-electron chi connectivity index (χ1n) is 13.9. The van der Waals surface area contributed by atoms with Crippen LogP contribution in [0.2, 0.25) is 0 Å². The van der Waals surface area contributed by atoms with Crippen LogP contribution >= 0.6 is 0 Å². The molecule has 3 fully saturated rings. The minimum Gasteiger partial charge on any atom is -0.432 e. The Kier molecular flexibility index (Phi) is 8.49. The Morgan fingerprint density at radius 3 is 2.19 bits per heavy atom. The maximum atomic E-state index is 13.5. The molecule has 3 aromatic rings. The SMILES string of the molecule is C=C(F)CCC(=O)N(CC12CCC(c3ccc(C(F)(F)F)cn3)(CC1)CC2)c1cccc(-c2ncc(OC(F)F)cn2)c1. The molecule has 6 rings (SSSR count). The van der Waals surface area contributed by atoms with E-state index in [-0.39, 0.29) is 41.2 Å². The lowest BCUT2D eigenvalue weighted by Crippen LogP contribution is -2.51. The van der Waals surface area contributed by atoms with E-state index in [2.05, 4.69) is 26.3 Å². The van der Waals surface area contributed by atoms with Crippen molar-refractivity contribution in [1.29, 1.82) is 0 Å². The molecule has 3 aliphatic carbocycles. The Hall–Kier alpha value is -3.96. The maximum Gasteiger partial charge on any atom is 0.417 e. The van der Waals surface area contributed by atoms with Gasteiger partial charge in [0.25, 0.3) is 0 Å². The van der Waals surface area contributed by atoms with Crippen LogP contribution in [0.5, 0.6) is 5.75 Å². The molecule has 43 heavy (non-hydrogen) atoms. The van der Waals surface area contributed by atoms with Gasteiger partial charge in [-0.05, 0) is 68.2 Å². The van der Waals surface area contributed by atoms with Crippen LogP contribution in [0.4, 0.5) is 32.0 Å². The second-order valence-electron chi connectivity index (χ2n) is 11.4. The highest BCUT2D eigenvalue weighted by atomic mass is 19.4. The molecule has 0 spiro atoms. The highest BCUT2D eigenvalue weighted by Crippen LogP contribution is 2.58. The van der Waals surface area contributed by atoms with Crippen molar-refractivity contribution >= 4 is 11.6 Å². The summed E-state index contributed by atoms with van der Waals surface area (Å²) in [6.07, 6.45) is 2.99. The van der Waals surface area contributed by atoms with Gasteiger partial charge in [0.1, 0.15) is 0 Å². The van der Waals surface area contributed by atoms with Gasteiger partial charge in [-0.3, -0.25) is 9.78 Å². The number of aromatic nitrogens is 3. The van der Waals surface area contributed by atoms with Crippen molar-refractivity contribution in [3.05, 3.63) is 78.7 Å². The molecule has 3 aliphatic rings. The average Bonchev–Trinajstić information content (AvgIpc) is 2.99. The van der Waals surface area contributed by atoms with Gasteiger partial charge in [0.2, 0.25) is 5.91 Å². The van der Waals surface area contributed by atoms with E-state index < -0.39 is 24.2 Å². The van der Waals surface area contributed by atoms with Crippen molar-refractivity contribution in [2.45, 2.75) is 69.6 Å². The average molecular weight is 605 g/mol. The number of pyridine rings is 1. The van der Waals surface area contributed by atoms with Gasteiger partial charge in [-0.1, -0.05) is 18.7 Å². The van der Waals surface area contributed by atoms with Gasteiger partial charge in [0.05, 0.1) is 23.8 Å². The van der Waals surface area contributed by atoms with Gasteiger partial charge in [-0.2, -0.15) is 22.0 Å². The predicted octanol–water partition coefficient (Wildman–Crippen LogP) is 8.05. The summed E-state index contributed by atoms with van der Waals surface area (Å²) in [6, 6.07) is 9.52. The number of alkyl halides is 5. The van der Waals surface area contributed by atoms with Gasteiger partial charge in [0.15, 0.2) is 11.6 Å². The van der Waals surface area contributed by atoms with Crippen LogP contribution in [-0.4, -0.2) is 34.0 Å². The van der Waals surface area contributed by atoms with E-state index in [0.29, 0.717) is 23.5 Å². The summed E-state index contributed by atoms with van der Waals surface area (Å²) in [5, 5.41) is 0. The zero-order valence-electron chi connectivity index (χ0n) is 23.2. The van der Waals surface area contributed by atoms with Crippen LogP contribution in [0.25, 0.3) is 11.4 Å². The number of rotatable bonds is 10. The third-order valence-electron chi connectivity index (χ3n) is 8.71. The molecule has 1 amide bonds. The first kappa shape index (κ1) is 30.5. The topological polar surface area (TPSA) is 68.2 Å². The first-order chi connectivity index (χ1) is 20.4.